The van der Waals surface area contributed by atoms with Crippen LogP contribution < -0.4 is 5.32 Å². The zero-order chi connectivity index (χ0) is 11.3. The van der Waals surface area contributed by atoms with E-state index in [0.29, 0.717) is 12.0 Å². The average Bonchev–Trinajstić information content (AvgIpc) is 2.19. The molecule has 1 rings (SSSR count). The molecule has 1 aromatic carbocycles. The summed E-state index contributed by atoms with van der Waals surface area (Å²) in [6, 6.07) is 9.45. The van der Waals surface area contributed by atoms with E-state index in [9.17, 15) is 0 Å². The first-order chi connectivity index (χ1) is 7.08. The van der Waals surface area contributed by atoms with Crippen molar-refractivity contribution in [2.45, 2.75) is 40.2 Å². The summed E-state index contributed by atoms with van der Waals surface area (Å²) >= 11 is 0. The van der Waals surface area contributed by atoms with Crippen LogP contribution in [0.1, 0.15) is 31.9 Å². The van der Waals surface area contributed by atoms with E-state index < -0.39 is 0 Å². The number of rotatable bonds is 5. The molecule has 1 nitrogen and oxygen atoms in total. The standard InChI is InChI=1S/C14H23N/c1-11(2)15-10-13(4)9-14-7-5-12(3)6-8-14/h5-8,11,13,15H,9-10H2,1-4H3. The van der Waals surface area contributed by atoms with Crippen LogP contribution in [0.3, 0.4) is 0 Å². The predicted molar refractivity (Wildman–Crippen MR) is 67.2 cm³/mol. The van der Waals surface area contributed by atoms with Gasteiger partial charge in [0.15, 0.2) is 0 Å². The molecular formula is C14H23N. The Balaban J connectivity index is 2.37. The Morgan fingerprint density at radius 2 is 1.67 bits per heavy atom. The molecule has 0 saturated heterocycles. The highest BCUT2D eigenvalue weighted by atomic mass is 14.9. The molecule has 0 fully saturated rings. The second-order valence-corrected chi connectivity index (χ2v) is 4.86. The van der Waals surface area contributed by atoms with Gasteiger partial charge in [-0.1, -0.05) is 50.6 Å². The summed E-state index contributed by atoms with van der Waals surface area (Å²) in [6.07, 6.45) is 1.17. The molecule has 0 spiro atoms. The van der Waals surface area contributed by atoms with E-state index in [0.717, 1.165) is 6.54 Å². The number of nitrogens with one attached hydrogen (secondary N) is 1. The molecule has 1 aromatic rings. The summed E-state index contributed by atoms with van der Waals surface area (Å²) < 4.78 is 0. The smallest absolute Gasteiger partial charge is 0.00104 e. The van der Waals surface area contributed by atoms with E-state index in [1.807, 2.05) is 0 Å². The van der Waals surface area contributed by atoms with E-state index >= 15 is 0 Å². The van der Waals surface area contributed by atoms with Gasteiger partial charge >= 0.3 is 0 Å². The van der Waals surface area contributed by atoms with Crippen molar-refractivity contribution < 1.29 is 0 Å². The minimum absolute atomic E-state index is 0.588. The Hall–Kier alpha value is -0.820. The highest BCUT2D eigenvalue weighted by Gasteiger charge is 2.04. The van der Waals surface area contributed by atoms with Gasteiger partial charge in [0.05, 0.1) is 0 Å². The lowest BCUT2D eigenvalue weighted by atomic mass is 10.00. The van der Waals surface area contributed by atoms with Gasteiger partial charge in [-0.2, -0.15) is 0 Å². The fourth-order valence-electron chi connectivity index (χ4n) is 1.64. The third kappa shape index (κ3) is 4.98. The second kappa shape index (κ2) is 5.92. The minimum Gasteiger partial charge on any atom is -0.314 e. The van der Waals surface area contributed by atoms with Crippen molar-refractivity contribution in [3.63, 3.8) is 0 Å². The zero-order valence-corrected chi connectivity index (χ0v) is 10.4. The van der Waals surface area contributed by atoms with Gasteiger partial charge in [-0.05, 0) is 31.4 Å². The molecule has 1 heteroatoms. The monoisotopic (exact) mass is 205 g/mol. The Kier molecular flexibility index (Phi) is 4.83. The fourth-order valence-corrected chi connectivity index (χ4v) is 1.64. The SMILES string of the molecule is Cc1ccc(CC(C)CNC(C)C)cc1. The van der Waals surface area contributed by atoms with Crippen LogP contribution in [0.25, 0.3) is 0 Å². The van der Waals surface area contributed by atoms with Crippen LogP contribution in [0.5, 0.6) is 0 Å². The van der Waals surface area contributed by atoms with Crippen molar-refractivity contribution in [1.82, 2.24) is 5.32 Å². The van der Waals surface area contributed by atoms with Crippen molar-refractivity contribution in [1.29, 1.82) is 0 Å². The third-order valence-electron chi connectivity index (χ3n) is 2.58. The molecule has 0 aliphatic heterocycles. The maximum Gasteiger partial charge on any atom is 0.00104 e. The quantitative estimate of drug-likeness (QED) is 0.778. The summed E-state index contributed by atoms with van der Waals surface area (Å²) in [5, 5.41) is 3.48. The van der Waals surface area contributed by atoms with Gasteiger partial charge in [0.1, 0.15) is 0 Å². The van der Waals surface area contributed by atoms with E-state index in [1.54, 1.807) is 0 Å². The Morgan fingerprint density at radius 1 is 1.07 bits per heavy atom. The van der Waals surface area contributed by atoms with Gasteiger partial charge in [0, 0.05) is 6.04 Å². The lowest BCUT2D eigenvalue weighted by Crippen LogP contribution is -2.28. The second-order valence-electron chi connectivity index (χ2n) is 4.86. The number of hydrogen-bond donors (Lipinski definition) is 1. The van der Waals surface area contributed by atoms with Crippen molar-refractivity contribution in [2.75, 3.05) is 6.54 Å². The number of aryl methyl sites for hydroxylation is 1. The molecule has 0 bridgehead atoms. The Bertz CT molecular complexity index is 274. The molecule has 15 heavy (non-hydrogen) atoms. The van der Waals surface area contributed by atoms with Crippen LogP contribution in [0, 0.1) is 12.8 Å². The molecule has 0 aliphatic carbocycles. The molecular weight excluding hydrogens is 182 g/mol. The number of hydrogen-bond acceptors (Lipinski definition) is 1. The first kappa shape index (κ1) is 12.3. The van der Waals surface area contributed by atoms with Crippen molar-refractivity contribution in [2.24, 2.45) is 5.92 Å². The molecule has 0 radical (unpaired) electrons. The van der Waals surface area contributed by atoms with Crippen LogP contribution in [-0.4, -0.2) is 12.6 Å². The van der Waals surface area contributed by atoms with E-state index in [-0.39, 0.29) is 0 Å². The number of benzene rings is 1. The fraction of sp³-hybridized carbons (Fsp3) is 0.571. The van der Waals surface area contributed by atoms with Gasteiger partial charge in [-0.15, -0.1) is 0 Å². The summed E-state index contributed by atoms with van der Waals surface area (Å²) in [5.41, 5.74) is 2.78. The maximum atomic E-state index is 3.48. The van der Waals surface area contributed by atoms with Gasteiger partial charge in [-0.3, -0.25) is 0 Å². The van der Waals surface area contributed by atoms with Gasteiger partial charge < -0.3 is 5.32 Å². The maximum absolute atomic E-state index is 3.48. The Morgan fingerprint density at radius 3 is 2.20 bits per heavy atom. The van der Waals surface area contributed by atoms with Crippen molar-refractivity contribution in [3.05, 3.63) is 35.4 Å². The van der Waals surface area contributed by atoms with Crippen LogP contribution >= 0.6 is 0 Å². The van der Waals surface area contributed by atoms with Gasteiger partial charge in [0.2, 0.25) is 0 Å². The molecule has 1 atom stereocenters. The summed E-state index contributed by atoms with van der Waals surface area (Å²) in [4.78, 5) is 0. The summed E-state index contributed by atoms with van der Waals surface area (Å²) in [5.74, 6) is 0.704. The third-order valence-corrected chi connectivity index (χ3v) is 2.58. The normalized spacial score (nSPS) is 13.1. The van der Waals surface area contributed by atoms with Crippen LogP contribution in [0.4, 0.5) is 0 Å². The van der Waals surface area contributed by atoms with E-state index in [1.165, 1.54) is 17.5 Å². The molecule has 0 amide bonds. The molecule has 1 unspecified atom stereocenters. The van der Waals surface area contributed by atoms with Gasteiger partial charge in [-0.25, -0.2) is 0 Å². The minimum atomic E-state index is 0.588. The van der Waals surface area contributed by atoms with Crippen LogP contribution in [-0.2, 0) is 6.42 Å². The zero-order valence-electron chi connectivity index (χ0n) is 10.4. The van der Waals surface area contributed by atoms with Crippen molar-refractivity contribution >= 4 is 0 Å². The lowest BCUT2D eigenvalue weighted by molar-refractivity contribution is 0.476. The highest BCUT2D eigenvalue weighted by Crippen LogP contribution is 2.09. The summed E-state index contributed by atoms with van der Waals surface area (Å²) in [6.45, 7) is 9.92. The highest BCUT2D eigenvalue weighted by molar-refractivity contribution is 5.21. The van der Waals surface area contributed by atoms with E-state index in [2.05, 4.69) is 57.3 Å². The molecule has 0 saturated carbocycles. The largest absolute Gasteiger partial charge is 0.314 e. The molecule has 1 N–H and O–H groups in total. The predicted octanol–water partition coefficient (Wildman–Crippen LogP) is 3.17. The van der Waals surface area contributed by atoms with Crippen LogP contribution in [0.2, 0.25) is 0 Å². The van der Waals surface area contributed by atoms with Crippen LogP contribution in [0.15, 0.2) is 24.3 Å². The summed E-state index contributed by atoms with van der Waals surface area (Å²) in [7, 11) is 0. The Labute approximate surface area is 93.9 Å². The molecule has 0 aromatic heterocycles. The molecule has 0 aliphatic rings. The first-order valence-electron chi connectivity index (χ1n) is 5.87. The average molecular weight is 205 g/mol. The first-order valence-corrected chi connectivity index (χ1v) is 5.87. The molecule has 84 valence electrons. The van der Waals surface area contributed by atoms with Gasteiger partial charge in [0.25, 0.3) is 0 Å². The van der Waals surface area contributed by atoms with E-state index in [4.69, 9.17) is 0 Å². The van der Waals surface area contributed by atoms with Crippen molar-refractivity contribution in [3.8, 4) is 0 Å². The topological polar surface area (TPSA) is 12.0 Å². The molecule has 0 heterocycles. The lowest BCUT2D eigenvalue weighted by Gasteiger charge is -2.14.